The fourth-order valence-electron chi connectivity index (χ4n) is 1.28. The molecule has 0 aliphatic carbocycles. The van der Waals surface area contributed by atoms with Crippen LogP contribution in [0.4, 0.5) is 0 Å². The standard InChI is InChI=1S/C9H9ClN2/c1-6-2-3-8-7(4-6)9(5-10)12-11-8/h2-4H,5H2,1H3,(H,11,12). The minimum absolute atomic E-state index is 0.486. The molecule has 0 bridgehead atoms. The molecule has 12 heavy (non-hydrogen) atoms. The molecular formula is C9H9ClN2. The highest BCUT2D eigenvalue weighted by Gasteiger charge is 2.02. The topological polar surface area (TPSA) is 28.7 Å². The Balaban J connectivity index is 2.75. The lowest BCUT2D eigenvalue weighted by Crippen LogP contribution is -1.77. The molecule has 0 amide bonds. The number of aryl methyl sites for hydroxylation is 1. The fraction of sp³-hybridized carbons (Fsp3) is 0.222. The van der Waals surface area contributed by atoms with Crippen molar-refractivity contribution >= 4 is 22.5 Å². The third-order valence-corrected chi connectivity index (χ3v) is 2.19. The summed E-state index contributed by atoms with van der Waals surface area (Å²) in [5, 5.41) is 8.16. The van der Waals surface area contributed by atoms with Crippen LogP contribution in [-0.4, -0.2) is 10.2 Å². The van der Waals surface area contributed by atoms with Crippen molar-refractivity contribution in [2.24, 2.45) is 0 Å². The number of hydrogen-bond donors (Lipinski definition) is 1. The number of aromatic amines is 1. The van der Waals surface area contributed by atoms with Crippen molar-refractivity contribution in [3.05, 3.63) is 29.5 Å². The second kappa shape index (κ2) is 2.79. The van der Waals surface area contributed by atoms with Crippen LogP contribution in [0.15, 0.2) is 18.2 Å². The fourth-order valence-corrected chi connectivity index (χ4v) is 1.48. The van der Waals surface area contributed by atoms with E-state index in [-0.39, 0.29) is 0 Å². The third kappa shape index (κ3) is 1.08. The Kier molecular flexibility index (Phi) is 1.77. The number of benzene rings is 1. The predicted molar refractivity (Wildman–Crippen MR) is 50.4 cm³/mol. The van der Waals surface area contributed by atoms with Crippen LogP contribution >= 0.6 is 11.6 Å². The lowest BCUT2D eigenvalue weighted by atomic mass is 10.1. The summed E-state index contributed by atoms with van der Waals surface area (Å²) in [5.41, 5.74) is 3.21. The third-order valence-electron chi connectivity index (χ3n) is 1.92. The van der Waals surface area contributed by atoms with Gasteiger partial charge in [0, 0.05) is 5.39 Å². The first-order valence-electron chi connectivity index (χ1n) is 3.81. The maximum atomic E-state index is 5.73. The predicted octanol–water partition coefficient (Wildman–Crippen LogP) is 2.61. The molecule has 3 heteroatoms. The van der Waals surface area contributed by atoms with Crippen LogP contribution in [0.5, 0.6) is 0 Å². The van der Waals surface area contributed by atoms with E-state index in [0.717, 1.165) is 16.6 Å². The van der Waals surface area contributed by atoms with Gasteiger partial charge in [0.05, 0.1) is 17.1 Å². The average Bonchev–Trinajstić information content (AvgIpc) is 2.46. The molecule has 1 N–H and O–H groups in total. The highest BCUT2D eigenvalue weighted by Crippen LogP contribution is 2.18. The Morgan fingerprint density at radius 2 is 2.33 bits per heavy atom. The van der Waals surface area contributed by atoms with Gasteiger partial charge in [0.2, 0.25) is 0 Å². The van der Waals surface area contributed by atoms with Gasteiger partial charge in [-0.25, -0.2) is 0 Å². The molecule has 0 atom stereocenters. The molecule has 2 nitrogen and oxygen atoms in total. The monoisotopic (exact) mass is 180 g/mol. The molecule has 62 valence electrons. The minimum Gasteiger partial charge on any atom is -0.280 e. The Labute approximate surface area is 75.5 Å². The van der Waals surface area contributed by atoms with E-state index >= 15 is 0 Å². The van der Waals surface area contributed by atoms with Gasteiger partial charge < -0.3 is 0 Å². The van der Waals surface area contributed by atoms with Gasteiger partial charge in [0.25, 0.3) is 0 Å². The van der Waals surface area contributed by atoms with Gasteiger partial charge in [-0.2, -0.15) is 5.10 Å². The van der Waals surface area contributed by atoms with E-state index in [1.165, 1.54) is 5.56 Å². The summed E-state index contributed by atoms with van der Waals surface area (Å²) in [4.78, 5) is 0. The van der Waals surface area contributed by atoms with Crippen molar-refractivity contribution in [2.75, 3.05) is 0 Å². The van der Waals surface area contributed by atoms with Crippen molar-refractivity contribution in [1.82, 2.24) is 10.2 Å². The molecule has 1 aromatic carbocycles. The molecule has 0 saturated carbocycles. The molecule has 1 aromatic heterocycles. The first-order valence-corrected chi connectivity index (χ1v) is 4.34. The minimum atomic E-state index is 0.486. The number of rotatable bonds is 1. The van der Waals surface area contributed by atoms with Crippen molar-refractivity contribution < 1.29 is 0 Å². The zero-order valence-corrected chi connectivity index (χ0v) is 7.52. The van der Waals surface area contributed by atoms with Gasteiger partial charge in [-0.15, -0.1) is 11.6 Å². The average molecular weight is 181 g/mol. The molecular weight excluding hydrogens is 172 g/mol. The highest BCUT2D eigenvalue weighted by atomic mass is 35.5. The normalized spacial score (nSPS) is 10.8. The van der Waals surface area contributed by atoms with Crippen molar-refractivity contribution in [2.45, 2.75) is 12.8 Å². The summed E-state index contributed by atoms with van der Waals surface area (Å²) in [6.45, 7) is 2.06. The van der Waals surface area contributed by atoms with Gasteiger partial charge in [0.1, 0.15) is 0 Å². The van der Waals surface area contributed by atoms with E-state index in [9.17, 15) is 0 Å². The summed E-state index contributed by atoms with van der Waals surface area (Å²) in [7, 11) is 0. The second-order valence-corrected chi connectivity index (χ2v) is 3.12. The molecule has 1 heterocycles. The maximum Gasteiger partial charge on any atom is 0.0924 e. The largest absolute Gasteiger partial charge is 0.280 e. The second-order valence-electron chi connectivity index (χ2n) is 2.86. The molecule has 0 unspecified atom stereocenters. The van der Waals surface area contributed by atoms with Gasteiger partial charge >= 0.3 is 0 Å². The number of halogens is 1. The van der Waals surface area contributed by atoms with E-state index in [4.69, 9.17) is 11.6 Å². The zero-order valence-electron chi connectivity index (χ0n) is 6.76. The molecule has 0 spiro atoms. The number of H-pyrrole nitrogens is 1. The first-order chi connectivity index (χ1) is 5.81. The van der Waals surface area contributed by atoms with E-state index in [1.807, 2.05) is 12.1 Å². The lowest BCUT2D eigenvalue weighted by molar-refractivity contribution is 1.05. The molecule has 0 aliphatic rings. The van der Waals surface area contributed by atoms with Crippen molar-refractivity contribution in [1.29, 1.82) is 0 Å². The number of hydrogen-bond acceptors (Lipinski definition) is 1. The molecule has 0 fully saturated rings. The van der Waals surface area contributed by atoms with Crippen LogP contribution in [0.1, 0.15) is 11.3 Å². The Hall–Kier alpha value is -1.02. The van der Waals surface area contributed by atoms with E-state index in [1.54, 1.807) is 0 Å². The van der Waals surface area contributed by atoms with Crippen LogP contribution < -0.4 is 0 Å². The smallest absolute Gasteiger partial charge is 0.0924 e. The van der Waals surface area contributed by atoms with Gasteiger partial charge in [-0.1, -0.05) is 11.6 Å². The Bertz CT molecular complexity index is 406. The number of nitrogens with zero attached hydrogens (tertiary/aromatic N) is 1. The Morgan fingerprint density at radius 3 is 3.08 bits per heavy atom. The summed E-state index contributed by atoms with van der Waals surface area (Å²) in [6, 6.07) is 6.13. The van der Waals surface area contributed by atoms with Crippen LogP contribution in [0.3, 0.4) is 0 Å². The van der Waals surface area contributed by atoms with Crippen LogP contribution in [0.25, 0.3) is 10.9 Å². The van der Waals surface area contributed by atoms with Gasteiger partial charge in [-0.05, 0) is 19.1 Å². The van der Waals surface area contributed by atoms with E-state index < -0.39 is 0 Å². The van der Waals surface area contributed by atoms with Crippen LogP contribution in [0.2, 0.25) is 0 Å². The number of alkyl halides is 1. The number of fused-ring (bicyclic) bond motifs is 1. The summed E-state index contributed by atoms with van der Waals surface area (Å²) in [5.74, 6) is 0.486. The highest BCUT2D eigenvalue weighted by molar-refractivity contribution is 6.17. The maximum absolute atomic E-state index is 5.73. The molecule has 0 radical (unpaired) electrons. The first kappa shape index (κ1) is 7.62. The summed E-state index contributed by atoms with van der Waals surface area (Å²) < 4.78 is 0. The SMILES string of the molecule is Cc1ccc2n[nH]c(CCl)c2c1. The van der Waals surface area contributed by atoms with Gasteiger partial charge in [0.15, 0.2) is 0 Å². The van der Waals surface area contributed by atoms with Crippen molar-refractivity contribution in [3.8, 4) is 0 Å². The molecule has 0 saturated heterocycles. The van der Waals surface area contributed by atoms with Crippen molar-refractivity contribution in [3.63, 3.8) is 0 Å². The zero-order chi connectivity index (χ0) is 8.55. The lowest BCUT2D eigenvalue weighted by Gasteiger charge is -1.92. The summed E-state index contributed by atoms with van der Waals surface area (Å²) >= 11 is 5.73. The van der Waals surface area contributed by atoms with Crippen LogP contribution in [-0.2, 0) is 5.88 Å². The molecule has 2 aromatic rings. The molecule has 0 aliphatic heterocycles. The number of nitrogens with one attached hydrogen (secondary N) is 1. The Morgan fingerprint density at radius 1 is 1.50 bits per heavy atom. The van der Waals surface area contributed by atoms with E-state index in [0.29, 0.717) is 5.88 Å². The van der Waals surface area contributed by atoms with Gasteiger partial charge in [-0.3, -0.25) is 5.10 Å². The quantitative estimate of drug-likeness (QED) is 0.672. The number of aromatic nitrogens is 2. The van der Waals surface area contributed by atoms with Crippen LogP contribution in [0, 0.1) is 6.92 Å². The summed E-state index contributed by atoms with van der Waals surface area (Å²) in [6.07, 6.45) is 0. The van der Waals surface area contributed by atoms with E-state index in [2.05, 4.69) is 23.2 Å². The molecule has 2 rings (SSSR count).